The van der Waals surface area contributed by atoms with Crippen LogP contribution in [-0.4, -0.2) is 32.8 Å². The fraction of sp³-hybridized carbons (Fsp3) is 0.500. The third kappa shape index (κ3) is 2.70. The van der Waals surface area contributed by atoms with Crippen molar-refractivity contribution in [3.05, 3.63) is 31.5 Å². The van der Waals surface area contributed by atoms with E-state index in [-0.39, 0.29) is 17.1 Å². The smallest absolute Gasteiger partial charge is 0.332 e. The van der Waals surface area contributed by atoms with Crippen molar-refractivity contribution in [2.75, 3.05) is 0 Å². The number of carboxylic acids is 1. The molecule has 0 saturated carbocycles. The summed E-state index contributed by atoms with van der Waals surface area (Å²) in [6.45, 7) is 0.220. The molecular weight excluding hydrogens is 308 g/mol. The summed E-state index contributed by atoms with van der Waals surface area (Å²) in [5.41, 5.74) is -1.03. The molecule has 0 aromatic carbocycles. The van der Waals surface area contributed by atoms with Gasteiger partial charge in [-0.3, -0.25) is 14.3 Å². The zero-order valence-electron chi connectivity index (χ0n) is 9.26. The molecular formula is C10H11BrN2O5. The van der Waals surface area contributed by atoms with Crippen molar-refractivity contribution < 1.29 is 14.6 Å². The minimum Gasteiger partial charge on any atom is -0.479 e. The highest BCUT2D eigenvalue weighted by molar-refractivity contribution is 9.10. The van der Waals surface area contributed by atoms with Gasteiger partial charge in [0.25, 0.3) is 5.56 Å². The summed E-state index contributed by atoms with van der Waals surface area (Å²) in [6, 6.07) is 0. The fourth-order valence-electron chi connectivity index (χ4n) is 1.86. The summed E-state index contributed by atoms with van der Waals surface area (Å²) in [5, 5.41) is 8.78. The maximum Gasteiger partial charge on any atom is 0.332 e. The Bertz CT molecular complexity index is 578. The molecule has 0 amide bonds. The van der Waals surface area contributed by atoms with E-state index in [1.54, 1.807) is 0 Å². The van der Waals surface area contributed by atoms with Crippen LogP contribution < -0.4 is 11.2 Å². The molecule has 18 heavy (non-hydrogen) atoms. The molecule has 0 radical (unpaired) electrons. The molecule has 1 aliphatic rings. The van der Waals surface area contributed by atoms with Gasteiger partial charge in [-0.25, -0.2) is 9.59 Å². The lowest BCUT2D eigenvalue weighted by molar-refractivity contribution is -0.149. The lowest BCUT2D eigenvalue weighted by atomic mass is 10.2. The SMILES string of the molecule is O=C(O)C1CCC(Cn2cc(Br)c(=O)[nH]c2=O)O1. The number of carbonyl (C=O) groups is 1. The van der Waals surface area contributed by atoms with Gasteiger partial charge in [-0.1, -0.05) is 0 Å². The number of rotatable bonds is 3. The molecule has 1 aromatic heterocycles. The number of aromatic nitrogens is 2. The lowest BCUT2D eigenvalue weighted by Crippen LogP contribution is -2.33. The van der Waals surface area contributed by atoms with E-state index in [9.17, 15) is 14.4 Å². The van der Waals surface area contributed by atoms with E-state index in [1.807, 2.05) is 0 Å². The van der Waals surface area contributed by atoms with E-state index in [2.05, 4.69) is 20.9 Å². The van der Waals surface area contributed by atoms with Crippen LogP contribution in [0.5, 0.6) is 0 Å². The second-order valence-corrected chi connectivity index (χ2v) is 4.91. The number of aromatic amines is 1. The van der Waals surface area contributed by atoms with E-state index in [1.165, 1.54) is 10.8 Å². The Morgan fingerprint density at radius 1 is 1.56 bits per heavy atom. The zero-order chi connectivity index (χ0) is 13.3. The highest BCUT2D eigenvalue weighted by atomic mass is 79.9. The van der Waals surface area contributed by atoms with Gasteiger partial charge in [0.05, 0.1) is 17.1 Å². The average Bonchev–Trinajstić information content (AvgIpc) is 2.74. The molecule has 1 fully saturated rings. The van der Waals surface area contributed by atoms with E-state index >= 15 is 0 Å². The predicted octanol–water partition coefficient (Wildman–Crippen LogP) is -0.0687. The molecule has 0 bridgehead atoms. The van der Waals surface area contributed by atoms with Crippen molar-refractivity contribution in [2.45, 2.75) is 31.6 Å². The predicted molar refractivity (Wildman–Crippen MR) is 64.6 cm³/mol. The van der Waals surface area contributed by atoms with Crippen LogP contribution in [0.25, 0.3) is 0 Å². The van der Waals surface area contributed by atoms with Crippen LogP contribution >= 0.6 is 15.9 Å². The molecule has 2 rings (SSSR count). The van der Waals surface area contributed by atoms with Crippen LogP contribution in [0.4, 0.5) is 0 Å². The summed E-state index contributed by atoms with van der Waals surface area (Å²) in [5.74, 6) is -0.993. The molecule has 0 spiro atoms. The number of carboxylic acid groups (broad SMARTS) is 1. The highest BCUT2D eigenvalue weighted by Crippen LogP contribution is 2.20. The molecule has 2 atom stereocenters. The summed E-state index contributed by atoms with van der Waals surface area (Å²) < 4.78 is 6.82. The minimum absolute atomic E-state index is 0.220. The lowest BCUT2D eigenvalue weighted by Gasteiger charge is -2.12. The Balaban J connectivity index is 2.12. The number of aliphatic carboxylic acids is 1. The van der Waals surface area contributed by atoms with Gasteiger partial charge in [-0.15, -0.1) is 0 Å². The zero-order valence-corrected chi connectivity index (χ0v) is 10.8. The maximum absolute atomic E-state index is 11.5. The van der Waals surface area contributed by atoms with Gasteiger partial charge in [-0.05, 0) is 28.8 Å². The molecule has 2 N–H and O–H groups in total. The normalized spacial score (nSPS) is 23.2. The maximum atomic E-state index is 11.5. The number of hydrogen-bond acceptors (Lipinski definition) is 4. The quantitative estimate of drug-likeness (QED) is 0.812. The van der Waals surface area contributed by atoms with Crippen LogP contribution in [-0.2, 0) is 16.1 Å². The second-order valence-electron chi connectivity index (χ2n) is 4.05. The van der Waals surface area contributed by atoms with Crippen LogP contribution in [0.2, 0.25) is 0 Å². The number of ether oxygens (including phenoxy) is 1. The van der Waals surface area contributed by atoms with E-state index in [0.29, 0.717) is 12.8 Å². The largest absolute Gasteiger partial charge is 0.479 e. The van der Waals surface area contributed by atoms with Gasteiger partial charge < -0.3 is 9.84 Å². The Kier molecular flexibility index (Phi) is 3.67. The third-order valence-corrected chi connectivity index (χ3v) is 3.32. The first-order valence-corrected chi connectivity index (χ1v) is 6.14. The van der Waals surface area contributed by atoms with E-state index in [4.69, 9.17) is 9.84 Å². The Labute approximate surface area is 110 Å². The Morgan fingerprint density at radius 3 is 2.89 bits per heavy atom. The highest BCUT2D eigenvalue weighted by Gasteiger charge is 2.30. The molecule has 2 heterocycles. The molecule has 8 heteroatoms. The number of nitrogens with one attached hydrogen (secondary N) is 1. The number of halogens is 1. The van der Waals surface area contributed by atoms with Crippen molar-refractivity contribution in [1.82, 2.24) is 9.55 Å². The first-order valence-electron chi connectivity index (χ1n) is 5.35. The third-order valence-electron chi connectivity index (χ3n) is 2.75. The second kappa shape index (κ2) is 5.07. The molecule has 98 valence electrons. The van der Waals surface area contributed by atoms with Crippen molar-refractivity contribution in [2.24, 2.45) is 0 Å². The molecule has 1 aliphatic heterocycles. The van der Waals surface area contributed by atoms with Crippen LogP contribution in [0.15, 0.2) is 20.3 Å². The number of H-pyrrole nitrogens is 1. The van der Waals surface area contributed by atoms with Gasteiger partial charge in [0.1, 0.15) is 0 Å². The van der Waals surface area contributed by atoms with Crippen molar-refractivity contribution in [3.8, 4) is 0 Å². The topological polar surface area (TPSA) is 101 Å². The van der Waals surface area contributed by atoms with Gasteiger partial charge >= 0.3 is 11.7 Å². The Morgan fingerprint density at radius 2 is 2.28 bits per heavy atom. The molecule has 1 saturated heterocycles. The monoisotopic (exact) mass is 318 g/mol. The van der Waals surface area contributed by atoms with Gasteiger partial charge in [0, 0.05) is 6.20 Å². The van der Waals surface area contributed by atoms with Gasteiger partial charge in [0.2, 0.25) is 0 Å². The molecule has 0 aliphatic carbocycles. The average molecular weight is 319 g/mol. The van der Waals surface area contributed by atoms with Gasteiger partial charge in [0.15, 0.2) is 6.10 Å². The Hall–Kier alpha value is -1.41. The van der Waals surface area contributed by atoms with E-state index in [0.717, 1.165) is 0 Å². The summed E-state index contributed by atoms with van der Waals surface area (Å²) in [4.78, 5) is 35.5. The fourth-order valence-corrected chi connectivity index (χ4v) is 2.21. The van der Waals surface area contributed by atoms with Crippen molar-refractivity contribution in [3.63, 3.8) is 0 Å². The minimum atomic E-state index is -0.993. The van der Waals surface area contributed by atoms with Crippen molar-refractivity contribution >= 4 is 21.9 Å². The van der Waals surface area contributed by atoms with Gasteiger partial charge in [-0.2, -0.15) is 0 Å². The molecule has 7 nitrogen and oxygen atoms in total. The van der Waals surface area contributed by atoms with Crippen LogP contribution in [0.3, 0.4) is 0 Å². The number of hydrogen-bond donors (Lipinski definition) is 2. The first-order chi connectivity index (χ1) is 8.47. The summed E-state index contributed by atoms with van der Waals surface area (Å²) in [6.07, 6.45) is 1.23. The first kappa shape index (κ1) is 13.0. The van der Waals surface area contributed by atoms with Crippen molar-refractivity contribution in [1.29, 1.82) is 0 Å². The number of nitrogens with zero attached hydrogens (tertiary/aromatic N) is 1. The molecule has 1 aromatic rings. The van der Waals surface area contributed by atoms with Crippen LogP contribution in [0.1, 0.15) is 12.8 Å². The molecule has 2 unspecified atom stereocenters. The summed E-state index contributed by atoms with van der Waals surface area (Å²) in [7, 11) is 0. The van der Waals surface area contributed by atoms with E-state index < -0.39 is 23.3 Å². The summed E-state index contributed by atoms with van der Waals surface area (Å²) >= 11 is 3.03. The standard InChI is InChI=1S/C10H11BrN2O5/c11-6-4-13(10(17)12-8(6)14)3-5-1-2-7(18-5)9(15)16/h4-5,7H,1-3H2,(H,15,16)(H,12,14,17). The van der Waals surface area contributed by atoms with Crippen LogP contribution in [0, 0.1) is 0 Å².